The van der Waals surface area contributed by atoms with Gasteiger partial charge >= 0.3 is 0 Å². The van der Waals surface area contributed by atoms with Gasteiger partial charge in [-0.1, -0.05) is 11.6 Å². The van der Waals surface area contributed by atoms with Crippen LogP contribution in [0.25, 0.3) is 27.8 Å². The number of carbonyl (C=O) groups excluding carboxylic acids is 1. The molecule has 12 heteroatoms. The molecule has 1 amide bonds. The average molecular weight is 434 g/mol. The zero-order valence-corrected chi connectivity index (χ0v) is 16.4. The molecule has 0 radical (unpaired) electrons. The number of nitrogens with one attached hydrogen (secondary N) is 3. The molecule has 156 valence electrons. The van der Waals surface area contributed by atoms with Gasteiger partial charge in [-0.15, -0.1) is 0 Å². The Morgan fingerprint density at radius 3 is 2.80 bits per heavy atom. The molecule has 0 spiro atoms. The first kappa shape index (κ1) is 20.0. The van der Waals surface area contributed by atoms with Crippen LogP contribution in [0.3, 0.4) is 0 Å². The van der Waals surface area contributed by atoms with Crippen LogP contribution in [-0.2, 0) is 4.79 Å². The summed E-state index contributed by atoms with van der Waals surface area (Å²) in [5, 5.41) is 31.4. The summed E-state index contributed by atoms with van der Waals surface area (Å²) in [5.74, 6) is -0.450. The first-order chi connectivity index (χ1) is 14.4. The van der Waals surface area contributed by atoms with Crippen molar-refractivity contribution in [3.63, 3.8) is 0 Å². The van der Waals surface area contributed by atoms with Crippen molar-refractivity contribution in [3.8, 4) is 11.3 Å². The fourth-order valence-corrected chi connectivity index (χ4v) is 3.36. The highest BCUT2D eigenvalue weighted by Crippen LogP contribution is 2.41. The van der Waals surface area contributed by atoms with Gasteiger partial charge in [-0.2, -0.15) is 5.10 Å². The van der Waals surface area contributed by atoms with E-state index in [1.54, 1.807) is 16.8 Å². The maximum atomic E-state index is 15.3. The van der Waals surface area contributed by atoms with E-state index in [0.717, 1.165) is 0 Å². The van der Waals surface area contributed by atoms with Crippen molar-refractivity contribution in [3.05, 3.63) is 35.6 Å². The molecule has 0 bridgehead atoms. The van der Waals surface area contributed by atoms with Crippen LogP contribution in [0.5, 0.6) is 0 Å². The van der Waals surface area contributed by atoms with Gasteiger partial charge in [-0.05, 0) is 6.92 Å². The summed E-state index contributed by atoms with van der Waals surface area (Å²) in [4.78, 5) is 19.1. The molecule has 4 rings (SSSR count). The number of carbonyl (C=O) groups is 1. The van der Waals surface area contributed by atoms with Gasteiger partial charge < -0.3 is 25.2 Å². The summed E-state index contributed by atoms with van der Waals surface area (Å²) >= 11 is 6.38. The summed E-state index contributed by atoms with van der Waals surface area (Å²) in [5.41, 5.74) is 0.228. The Bertz CT molecular complexity index is 1250. The predicted molar refractivity (Wildman–Crippen MR) is 109 cm³/mol. The zero-order chi connectivity index (χ0) is 21.5. The first-order valence-corrected chi connectivity index (χ1v) is 9.18. The molecule has 3 aromatic heterocycles. The van der Waals surface area contributed by atoms with E-state index >= 15 is 4.39 Å². The van der Waals surface area contributed by atoms with Crippen LogP contribution in [0.15, 0.2) is 24.8 Å². The molecule has 0 aliphatic carbocycles. The van der Waals surface area contributed by atoms with Crippen molar-refractivity contribution in [2.45, 2.75) is 12.5 Å². The number of hydrogen-bond donors (Lipinski definition) is 5. The minimum atomic E-state index is -1.18. The van der Waals surface area contributed by atoms with Gasteiger partial charge in [0.2, 0.25) is 6.41 Å². The van der Waals surface area contributed by atoms with E-state index in [0.29, 0.717) is 40.0 Å². The number of nitrogens with zero attached hydrogens (tertiary/aromatic N) is 4. The number of fused-ring (bicyclic) bond motifs is 2. The highest BCUT2D eigenvalue weighted by molar-refractivity contribution is 6.35. The van der Waals surface area contributed by atoms with Gasteiger partial charge in [0.25, 0.3) is 0 Å². The monoisotopic (exact) mass is 433 g/mol. The lowest BCUT2D eigenvalue weighted by molar-refractivity contribution is -0.105. The fraction of sp³-hybridized carbons (Fsp3) is 0.222. The number of aromatic amines is 1. The minimum Gasteiger partial charge on any atom is -0.394 e. The van der Waals surface area contributed by atoms with Crippen LogP contribution in [0.1, 0.15) is 6.92 Å². The Labute approximate surface area is 173 Å². The molecule has 0 saturated carbocycles. The zero-order valence-electron chi connectivity index (χ0n) is 15.6. The predicted octanol–water partition coefficient (Wildman–Crippen LogP) is 1.79. The van der Waals surface area contributed by atoms with E-state index in [-0.39, 0.29) is 10.7 Å². The number of aromatic nitrogens is 5. The number of rotatable bonds is 7. The van der Waals surface area contributed by atoms with Gasteiger partial charge in [0, 0.05) is 17.1 Å². The Hall–Kier alpha value is -3.28. The number of imidazole rings is 1. The lowest BCUT2D eigenvalue weighted by atomic mass is 10.0. The Kier molecular flexibility index (Phi) is 5.02. The molecule has 10 nitrogen and oxygen atoms in total. The van der Waals surface area contributed by atoms with E-state index in [1.165, 1.54) is 19.3 Å². The number of anilines is 2. The second-order valence-electron chi connectivity index (χ2n) is 6.96. The van der Waals surface area contributed by atoms with Gasteiger partial charge in [-0.3, -0.25) is 14.9 Å². The number of aliphatic hydroxyl groups excluding tert-OH is 2. The molecular formula is C18H17ClFN7O3. The van der Waals surface area contributed by atoms with Crippen molar-refractivity contribution in [2.75, 3.05) is 23.8 Å². The van der Waals surface area contributed by atoms with Crippen molar-refractivity contribution < 1.29 is 19.4 Å². The Morgan fingerprint density at radius 2 is 2.10 bits per heavy atom. The van der Waals surface area contributed by atoms with Crippen molar-refractivity contribution in [1.82, 2.24) is 24.6 Å². The second kappa shape index (κ2) is 7.52. The van der Waals surface area contributed by atoms with E-state index in [2.05, 4.69) is 30.8 Å². The van der Waals surface area contributed by atoms with Crippen molar-refractivity contribution in [1.29, 1.82) is 0 Å². The van der Waals surface area contributed by atoms with E-state index in [4.69, 9.17) is 11.6 Å². The molecule has 0 fully saturated rings. The smallest absolute Gasteiger partial charge is 0.212 e. The number of halogens is 2. The quantitative estimate of drug-likeness (QED) is 0.280. The number of benzene rings is 1. The van der Waals surface area contributed by atoms with Gasteiger partial charge in [0.1, 0.15) is 0 Å². The van der Waals surface area contributed by atoms with Crippen LogP contribution in [-0.4, -0.2) is 59.9 Å². The molecule has 0 saturated heterocycles. The number of hydrogen-bond acceptors (Lipinski definition) is 7. The molecule has 4 aromatic rings. The lowest BCUT2D eigenvalue weighted by Crippen LogP contribution is -2.42. The molecule has 0 aliphatic heterocycles. The molecule has 0 atom stereocenters. The highest BCUT2D eigenvalue weighted by atomic mass is 35.5. The third-order valence-electron chi connectivity index (χ3n) is 4.72. The summed E-state index contributed by atoms with van der Waals surface area (Å²) in [6.07, 6.45) is 6.64. The molecule has 1 aromatic carbocycles. The number of aliphatic hydroxyl groups is 2. The third-order valence-corrected chi connectivity index (χ3v) is 5.07. The van der Waals surface area contributed by atoms with Crippen LogP contribution >= 0.6 is 11.6 Å². The summed E-state index contributed by atoms with van der Waals surface area (Å²) in [6, 6.07) is 0. The third kappa shape index (κ3) is 3.22. The summed E-state index contributed by atoms with van der Waals surface area (Å²) < 4.78 is 16.9. The number of amides is 1. The second-order valence-corrected chi connectivity index (χ2v) is 7.34. The molecule has 5 N–H and O–H groups in total. The highest BCUT2D eigenvalue weighted by Gasteiger charge is 2.28. The Morgan fingerprint density at radius 1 is 1.33 bits per heavy atom. The first-order valence-electron chi connectivity index (χ1n) is 8.80. The molecule has 3 heterocycles. The maximum Gasteiger partial charge on any atom is 0.212 e. The average Bonchev–Trinajstić information content (AvgIpc) is 3.38. The molecule has 0 unspecified atom stereocenters. The number of H-pyrrole nitrogens is 1. The largest absolute Gasteiger partial charge is 0.394 e. The van der Waals surface area contributed by atoms with E-state index in [1.807, 2.05) is 0 Å². The van der Waals surface area contributed by atoms with Gasteiger partial charge in [0.15, 0.2) is 17.3 Å². The van der Waals surface area contributed by atoms with E-state index in [9.17, 15) is 15.0 Å². The lowest BCUT2D eigenvalue weighted by Gasteiger charge is -2.28. The van der Waals surface area contributed by atoms with E-state index < -0.39 is 24.6 Å². The van der Waals surface area contributed by atoms with Gasteiger partial charge in [0.05, 0.1) is 59.3 Å². The fourth-order valence-electron chi connectivity index (χ4n) is 3.07. The molecule has 30 heavy (non-hydrogen) atoms. The van der Waals surface area contributed by atoms with Crippen molar-refractivity contribution in [2.24, 2.45) is 0 Å². The topological polar surface area (TPSA) is 140 Å². The van der Waals surface area contributed by atoms with Crippen LogP contribution in [0.4, 0.5) is 15.9 Å². The SMILES string of the molecule is CC(CO)(CO)Nc1c(F)c(Cl)c(-c2cn3cc(NC=O)nc3cn2)c2cn[nH]c12. The van der Waals surface area contributed by atoms with Crippen LogP contribution in [0, 0.1) is 5.82 Å². The standard InChI is InChI=1S/C18H17ClFN7O3/c1-18(6-28,7-29)25-17-15(20)14(19)13(9-2-23-26-16(9)17)10-4-27-5-11(22-8-30)24-12(27)3-21-10/h2-5,8,25,28-29H,6-7H2,1H3,(H,22,30)(H,23,26). The van der Waals surface area contributed by atoms with Crippen LogP contribution in [0.2, 0.25) is 5.02 Å². The summed E-state index contributed by atoms with van der Waals surface area (Å²) in [6.45, 7) is 0.665. The maximum absolute atomic E-state index is 15.3. The Balaban J connectivity index is 1.89. The summed E-state index contributed by atoms with van der Waals surface area (Å²) in [7, 11) is 0. The minimum absolute atomic E-state index is 0.0250. The molecule has 0 aliphatic rings. The normalized spacial score (nSPS) is 11.9. The molecular weight excluding hydrogens is 417 g/mol. The van der Waals surface area contributed by atoms with Crippen molar-refractivity contribution >= 4 is 46.1 Å². The van der Waals surface area contributed by atoms with Gasteiger partial charge in [-0.25, -0.2) is 9.37 Å². The van der Waals surface area contributed by atoms with Crippen LogP contribution < -0.4 is 10.6 Å².